The summed E-state index contributed by atoms with van der Waals surface area (Å²) in [5, 5.41) is 9.23. The maximum atomic E-state index is 11.8. The van der Waals surface area contributed by atoms with Gasteiger partial charge in [0.25, 0.3) is 0 Å². The van der Waals surface area contributed by atoms with Gasteiger partial charge in [-0.05, 0) is 53.3 Å². The lowest BCUT2D eigenvalue weighted by atomic mass is 10.2. The number of benzene rings is 1. The average Bonchev–Trinajstić information content (AvgIpc) is 3.00. The highest BCUT2D eigenvalue weighted by Crippen LogP contribution is 2.18. The molecule has 0 atom stereocenters. The molecule has 2 N–H and O–H groups in total. The summed E-state index contributed by atoms with van der Waals surface area (Å²) in [5.74, 6) is -1.25. The molecular formula is C15H16N2O2S2. The fourth-order valence-corrected chi connectivity index (χ4v) is 2.89. The number of anilines is 1. The van der Waals surface area contributed by atoms with Gasteiger partial charge in [0.2, 0.25) is 0 Å². The molecule has 0 radical (unpaired) electrons. The van der Waals surface area contributed by atoms with Gasteiger partial charge in [-0.1, -0.05) is 6.07 Å². The highest BCUT2D eigenvalue weighted by Gasteiger charge is 2.13. The summed E-state index contributed by atoms with van der Waals surface area (Å²) in [4.78, 5) is 24.5. The molecule has 0 aliphatic rings. The predicted molar refractivity (Wildman–Crippen MR) is 87.9 cm³/mol. The number of thiophene rings is 1. The van der Waals surface area contributed by atoms with Crippen LogP contribution in [0, 0.1) is 0 Å². The number of amides is 2. The van der Waals surface area contributed by atoms with E-state index in [-0.39, 0.29) is 0 Å². The van der Waals surface area contributed by atoms with Gasteiger partial charge in [0.15, 0.2) is 0 Å². The van der Waals surface area contributed by atoms with Crippen LogP contribution in [-0.4, -0.2) is 24.6 Å². The van der Waals surface area contributed by atoms with E-state index in [1.165, 1.54) is 0 Å². The number of rotatable bonds is 5. The van der Waals surface area contributed by atoms with Gasteiger partial charge in [0, 0.05) is 17.1 Å². The largest absolute Gasteiger partial charge is 0.347 e. The van der Waals surface area contributed by atoms with Gasteiger partial charge < -0.3 is 10.6 Å². The monoisotopic (exact) mass is 320 g/mol. The summed E-state index contributed by atoms with van der Waals surface area (Å²) >= 11 is 3.20. The first-order chi connectivity index (χ1) is 10.2. The Kier molecular flexibility index (Phi) is 5.83. The Morgan fingerprint density at radius 1 is 1.24 bits per heavy atom. The zero-order valence-electron chi connectivity index (χ0n) is 11.6. The molecule has 1 aromatic carbocycles. The van der Waals surface area contributed by atoms with Gasteiger partial charge in [-0.25, -0.2) is 0 Å². The van der Waals surface area contributed by atoms with E-state index in [2.05, 4.69) is 10.6 Å². The maximum absolute atomic E-state index is 11.8. The van der Waals surface area contributed by atoms with Crippen LogP contribution in [0.15, 0.2) is 46.0 Å². The topological polar surface area (TPSA) is 58.2 Å². The average molecular weight is 320 g/mol. The molecule has 0 unspecified atom stereocenters. The highest BCUT2D eigenvalue weighted by atomic mass is 32.2. The minimum absolute atomic E-state index is 0.452. The minimum atomic E-state index is -0.640. The number of thioether (sulfide) groups is 1. The Bertz CT molecular complexity index is 612. The Morgan fingerprint density at radius 2 is 2.10 bits per heavy atom. The zero-order chi connectivity index (χ0) is 15.1. The van der Waals surface area contributed by atoms with Crippen molar-refractivity contribution in [1.82, 2.24) is 5.32 Å². The SMILES string of the molecule is CSc1cccc(NC(=O)C(=O)NCCc2ccsc2)c1. The molecule has 0 bridgehead atoms. The number of carbonyl (C=O) groups excluding carboxylic acids is 2. The van der Waals surface area contributed by atoms with Gasteiger partial charge >= 0.3 is 11.8 Å². The second-order valence-corrected chi connectivity index (χ2v) is 5.98. The van der Waals surface area contributed by atoms with Crippen LogP contribution in [0.1, 0.15) is 5.56 Å². The van der Waals surface area contributed by atoms with Gasteiger partial charge in [0.1, 0.15) is 0 Å². The van der Waals surface area contributed by atoms with E-state index in [4.69, 9.17) is 0 Å². The van der Waals surface area contributed by atoms with Crippen LogP contribution in [0.4, 0.5) is 5.69 Å². The van der Waals surface area contributed by atoms with E-state index in [0.29, 0.717) is 12.2 Å². The molecule has 110 valence electrons. The third-order valence-corrected chi connectivity index (χ3v) is 4.27. The second-order valence-electron chi connectivity index (χ2n) is 4.32. The number of hydrogen-bond acceptors (Lipinski definition) is 4. The van der Waals surface area contributed by atoms with E-state index in [1.54, 1.807) is 29.2 Å². The molecule has 0 aliphatic heterocycles. The van der Waals surface area contributed by atoms with Crippen molar-refractivity contribution in [2.24, 2.45) is 0 Å². The van der Waals surface area contributed by atoms with Gasteiger partial charge in [-0.15, -0.1) is 11.8 Å². The standard InChI is InChI=1S/C15H16N2O2S2/c1-20-13-4-2-3-12(9-13)17-15(19)14(18)16-7-5-11-6-8-21-10-11/h2-4,6,8-10H,5,7H2,1H3,(H,16,18)(H,17,19). The fourth-order valence-electron chi connectivity index (χ4n) is 1.72. The van der Waals surface area contributed by atoms with Gasteiger partial charge in [-0.3, -0.25) is 9.59 Å². The molecule has 21 heavy (non-hydrogen) atoms. The lowest BCUT2D eigenvalue weighted by Crippen LogP contribution is -2.36. The van der Waals surface area contributed by atoms with Crippen LogP contribution >= 0.6 is 23.1 Å². The molecule has 4 nitrogen and oxygen atoms in total. The molecule has 0 aliphatic carbocycles. The van der Waals surface area contributed by atoms with Crippen molar-refractivity contribution in [2.45, 2.75) is 11.3 Å². The molecule has 0 saturated heterocycles. The smallest absolute Gasteiger partial charge is 0.313 e. The molecule has 1 aromatic heterocycles. The van der Waals surface area contributed by atoms with Crippen LogP contribution in [0.25, 0.3) is 0 Å². The van der Waals surface area contributed by atoms with Crippen LogP contribution < -0.4 is 10.6 Å². The maximum Gasteiger partial charge on any atom is 0.313 e. The number of nitrogens with one attached hydrogen (secondary N) is 2. The van der Waals surface area contributed by atoms with Gasteiger partial charge in [0.05, 0.1) is 0 Å². The van der Waals surface area contributed by atoms with E-state index in [1.807, 2.05) is 41.3 Å². The Labute approximate surface area is 131 Å². The predicted octanol–water partition coefficient (Wildman–Crippen LogP) is 2.77. The summed E-state index contributed by atoms with van der Waals surface area (Å²) < 4.78 is 0. The third-order valence-electron chi connectivity index (χ3n) is 2.81. The van der Waals surface area contributed by atoms with Crippen molar-refractivity contribution in [3.8, 4) is 0 Å². The number of hydrogen-bond donors (Lipinski definition) is 2. The van der Waals surface area contributed by atoms with Gasteiger partial charge in [-0.2, -0.15) is 11.3 Å². The fraction of sp³-hybridized carbons (Fsp3) is 0.200. The quantitative estimate of drug-likeness (QED) is 0.658. The molecule has 2 aromatic rings. The van der Waals surface area contributed by atoms with Crippen LogP contribution in [0.3, 0.4) is 0 Å². The van der Waals surface area contributed by atoms with Crippen molar-refractivity contribution in [3.63, 3.8) is 0 Å². The molecule has 0 saturated carbocycles. The first-order valence-electron chi connectivity index (χ1n) is 6.43. The normalized spacial score (nSPS) is 10.1. The summed E-state index contributed by atoms with van der Waals surface area (Å²) in [5.41, 5.74) is 1.79. The van der Waals surface area contributed by atoms with E-state index >= 15 is 0 Å². The molecule has 2 rings (SSSR count). The molecule has 0 spiro atoms. The molecule has 0 fully saturated rings. The molecular weight excluding hydrogens is 304 g/mol. The minimum Gasteiger partial charge on any atom is -0.347 e. The van der Waals surface area contributed by atoms with Crippen molar-refractivity contribution in [3.05, 3.63) is 46.7 Å². The van der Waals surface area contributed by atoms with Crippen LogP contribution in [0.5, 0.6) is 0 Å². The number of carbonyl (C=O) groups is 2. The first-order valence-corrected chi connectivity index (χ1v) is 8.60. The Morgan fingerprint density at radius 3 is 2.81 bits per heavy atom. The lowest BCUT2D eigenvalue weighted by Gasteiger charge is -2.07. The molecule has 2 amide bonds. The van der Waals surface area contributed by atoms with Crippen molar-refractivity contribution < 1.29 is 9.59 Å². The van der Waals surface area contributed by atoms with E-state index in [9.17, 15) is 9.59 Å². The summed E-state index contributed by atoms with van der Waals surface area (Å²) in [7, 11) is 0. The summed E-state index contributed by atoms with van der Waals surface area (Å²) in [6, 6.07) is 9.39. The highest BCUT2D eigenvalue weighted by molar-refractivity contribution is 7.98. The lowest BCUT2D eigenvalue weighted by molar-refractivity contribution is -0.136. The van der Waals surface area contributed by atoms with Crippen molar-refractivity contribution in [2.75, 3.05) is 18.1 Å². The van der Waals surface area contributed by atoms with Crippen molar-refractivity contribution >= 4 is 40.6 Å². The summed E-state index contributed by atoms with van der Waals surface area (Å²) in [6.45, 7) is 0.452. The Hall–Kier alpha value is -1.79. The second kappa shape index (κ2) is 7.85. The van der Waals surface area contributed by atoms with E-state index in [0.717, 1.165) is 16.9 Å². The molecule has 1 heterocycles. The molecule has 6 heteroatoms. The first kappa shape index (κ1) is 15.6. The third kappa shape index (κ3) is 4.91. The van der Waals surface area contributed by atoms with Crippen molar-refractivity contribution in [1.29, 1.82) is 0 Å². The zero-order valence-corrected chi connectivity index (χ0v) is 13.2. The Balaban J connectivity index is 1.80. The van der Waals surface area contributed by atoms with E-state index < -0.39 is 11.8 Å². The van der Waals surface area contributed by atoms with Crippen LogP contribution in [0.2, 0.25) is 0 Å². The van der Waals surface area contributed by atoms with Crippen LogP contribution in [-0.2, 0) is 16.0 Å². The summed E-state index contributed by atoms with van der Waals surface area (Å²) in [6.07, 6.45) is 2.68.